The fourth-order valence-corrected chi connectivity index (χ4v) is 3.98. The predicted molar refractivity (Wildman–Crippen MR) is 102 cm³/mol. The molecule has 0 radical (unpaired) electrons. The highest BCUT2D eigenvalue weighted by Crippen LogP contribution is 2.41. The van der Waals surface area contributed by atoms with Crippen LogP contribution in [-0.2, 0) is 17.8 Å². The molecule has 6 heteroatoms. The van der Waals surface area contributed by atoms with Crippen molar-refractivity contribution in [3.63, 3.8) is 0 Å². The fraction of sp³-hybridized carbons (Fsp3) is 0.381. The van der Waals surface area contributed by atoms with Crippen molar-refractivity contribution in [1.82, 2.24) is 15.1 Å². The number of aryl methyl sites for hydroxylation is 1. The SMILES string of the molecule is Cc1cc2c(o1)CC(C)(C)CC2NC(=O)Cn1ncc(=O)c2ccccc21. The number of hydrogen-bond acceptors (Lipinski definition) is 4. The number of hydrogen-bond donors (Lipinski definition) is 1. The third-order valence-corrected chi connectivity index (χ3v) is 5.13. The number of para-hydroxylation sites is 1. The van der Waals surface area contributed by atoms with Gasteiger partial charge in [0.1, 0.15) is 18.1 Å². The van der Waals surface area contributed by atoms with Gasteiger partial charge in [0.2, 0.25) is 11.3 Å². The van der Waals surface area contributed by atoms with Crippen molar-refractivity contribution in [2.75, 3.05) is 0 Å². The van der Waals surface area contributed by atoms with E-state index in [1.165, 1.54) is 6.20 Å². The van der Waals surface area contributed by atoms with Crippen LogP contribution < -0.4 is 10.7 Å². The van der Waals surface area contributed by atoms with Gasteiger partial charge >= 0.3 is 0 Å². The number of fused-ring (bicyclic) bond motifs is 2. The molecule has 0 saturated heterocycles. The van der Waals surface area contributed by atoms with Crippen molar-refractivity contribution in [2.45, 2.75) is 46.2 Å². The van der Waals surface area contributed by atoms with Crippen LogP contribution in [0.1, 0.15) is 43.4 Å². The van der Waals surface area contributed by atoms with Crippen LogP contribution in [0.25, 0.3) is 10.9 Å². The lowest BCUT2D eigenvalue weighted by Gasteiger charge is -2.34. The summed E-state index contributed by atoms with van der Waals surface area (Å²) in [6, 6.07) is 9.13. The molecule has 1 N–H and O–H groups in total. The molecule has 4 rings (SSSR count). The third kappa shape index (κ3) is 3.39. The summed E-state index contributed by atoms with van der Waals surface area (Å²) in [5.74, 6) is 1.69. The van der Waals surface area contributed by atoms with Crippen LogP contribution in [0, 0.1) is 12.3 Å². The maximum atomic E-state index is 12.8. The number of nitrogens with zero attached hydrogens (tertiary/aromatic N) is 2. The van der Waals surface area contributed by atoms with Gasteiger partial charge < -0.3 is 9.73 Å². The number of aromatic nitrogens is 2. The van der Waals surface area contributed by atoms with E-state index in [1.54, 1.807) is 22.9 Å². The van der Waals surface area contributed by atoms with Crippen molar-refractivity contribution < 1.29 is 9.21 Å². The van der Waals surface area contributed by atoms with E-state index in [0.29, 0.717) is 10.9 Å². The van der Waals surface area contributed by atoms with E-state index >= 15 is 0 Å². The fourth-order valence-electron chi connectivity index (χ4n) is 3.98. The van der Waals surface area contributed by atoms with Crippen molar-refractivity contribution >= 4 is 16.8 Å². The third-order valence-electron chi connectivity index (χ3n) is 5.13. The largest absolute Gasteiger partial charge is 0.466 e. The number of nitrogens with one attached hydrogen (secondary N) is 1. The number of carbonyl (C=O) groups is 1. The van der Waals surface area contributed by atoms with Gasteiger partial charge in [0.05, 0.1) is 17.8 Å². The van der Waals surface area contributed by atoms with Gasteiger partial charge in [-0.05, 0) is 37.0 Å². The monoisotopic (exact) mass is 365 g/mol. The Bertz CT molecular complexity index is 1080. The highest BCUT2D eigenvalue weighted by Gasteiger charge is 2.35. The van der Waals surface area contributed by atoms with E-state index in [4.69, 9.17) is 4.42 Å². The highest BCUT2D eigenvalue weighted by atomic mass is 16.3. The van der Waals surface area contributed by atoms with Crippen molar-refractivity contribution in [1.29, 1.82) is 0 Å². The molecule has 0 bridgehead atoms. The number of benzene rings is 1. The van der Waals surface area contributed by atoms with Gasteiger partial charge in [-0.3, -0.25) is 14.3 Å². The lowest BCUT2D eigenvalue weighted by Crippen LogP contribution is -2.37. The Morgan fingerprint density at radius 1 is 1.37 bits per heavy atom. The Balaban J connectivity index is 1.59. The zero-order valence-corrected chi connectivity index (χ0v) is 15.8. The van der Waals surface area contributed by atoms with Gasteiger partial charge in [-0.1, -0.05) is 26.0 Å². The molecule has 0 fully saturated rings. The van der Waals surface area contributed by atoms with Crippen molar-refractivity contribution in [3.05, 3.63) is 63.8 Å². The molecule has 1 aliphatic rings. The van der Waals surface area contributed by atoms with Gasteiger partial charge in [0.25, 0.3) is 0 Å². The van der Waals surface area contributed by atoms with Crippen LogP contribution in [0.15, 0.2) is 45.7 Å². The Kier molecular flexibility index (Phi) is 4.13. The smallest absolute Gasteiger partial charge is 0.242 e. The molecular formula is C21H23N3O3. The maximum absolute atomic E-state index is 12.8. The minimum atomic E-state index is -0.144. The number of carbonyl (C=O) groups excluding carboxylic acids is 1. The first-order valence-electron chi connectivity index (χ1n) is 9.16. The van der Waals surface area contributed by atoms with E-state index < -0.39 is 0 Å². The normalized spacial score (nSPS) is 18.3. The van der Waals surface area contributed by atoms with Crippen molar-refractivity contribution in [2.24, 2.45) is 5.41 Å². The average Bonchev–Trinajstić information content (AvgIpc) is 2.97. The zero-order chi connectivity index (χ0) is 19.2. The van der Waals surface area contributed by atoms with Crippen LogP contribution >= 0.6 is 0 Å². The lowest BCUT2D eigenvalue weighted by atomic mass is 9.74. The summed E-state index contributed by atoms with van der Waals surface area (Å²) in [5, 5.41) is 7.84. The molecule has 140 valence electrons. The molecule has 1 atom stereocenters. The van der Waals surface area contributed by atoms with Gasteiger partial charge in [-0.2, -0.15) is 5.10 Å². The first kappa shape index (κ1) is 17.5. The molecule has 1 amide bonds. The zero-order valence-electron chi connectivity index (χ0n) is 15.8. The summed E-state index contributed by atoms with van der Waals surface area (Å²) in [6.07, 6.45) is 2.98. The summed E-state index contributed by atoms with van der Waals surface area (Å²) >= 11 is 0. The summed E-state index contributed by atoms with van der Waals surface area (Å²) in [5.41, 5.74) is 1.63. The second-order valence-corrected chi connectivity index (χ2v) is 8.08. The Morgan fingerprint density at radius 3 is 2.96 bits per heavy atom. The average molecular weight is 365 g/mol. The number of amides is 1. The van der Waals surface area contributed by atoms with Crippen LogP contribution in [0.5, 0.6) is 0 Å². The molecule has 0 aliphatic heterocycles. The Labute approximate surface area is 157 Å². The molecular weight excluding hydrogens is 342 g/mol. The minimum absolute atomic E-state index is 0.0531. The lowest BCUT2D eigenvalue weighted by molar-refractivity contribution is -0.122. The molecule has 0 spiro atoms. The van der Waals surface area contributed by atoms with E-state index in [-0.39, 0.29) is 29.3 Å². The quantitative estimate of drug-likeness (QED) is 0.774. The minimum Gasteiger partial charge on any atom is -0.466 e. The first-order chi connectivity index (χ1) is 12.8. The van der Waals surface area contributed by atoms with E-state index in [0.717, 1.165) is 29.9 Å². The summed E-state index contributed by atoms with van der Waals surface area (Å²) in [7, 11) is 0. The van der Waals surface area contributed by atoms with Crippen LogP contribution in [0.4, 0.5) is 0 Å². The maximum Gasteiger partial charge on any atom is 0.242 e. The molecule has 27 heavy (non-hydrogen) atoms. The molecule has 3 aromatic rings. The predicted octanol–water partition coefficient (Wildman–Crippen LogP) is 3.13. The molecule has 0 saturated carbocycles. The topological polar surface area (TPSA) is 77.1 Å². The molecule has 2 heterocycles. The van der Waals surface area contributed by atoms with Gasteiger partial charge in [0, 0.05) is 17.4 Å². The number of furan rings is 1. The molecule has 1 aromatic carbocycles. The molecule has 1 unspecified atom stereocenters. The van der Waals surface area contributed by atoms with Crippen LogP contribution in [0.3, 0.4) is 0 Å². The van der Waals surface area contributed by atoms with E-state index in [2.05, 4.69) is 24.3 Å². The molecule has 6 nitrogen and oxygen atoms in total. The second kappa shape index (κ2) is 6.37. The second-order valence-electron chi connectivity index (χ2n) is 8.08. The van der Waals surface area contributed by atoms with E-state index in [9.17, 15) is 9.59 Å². The summed E-state index contributed by atoms with van der Waals surface area (Å²) in [4.78, 5) is 24.7. The van der Waals surface area contributed by atoms with E-state index in [1.807, 2.05) is 19.1 Å². The standard InChI is InChI=1S/C21H23N3O3/c1-13-8-15-16(9-21(2,3)10-19(15)27-13)23-20(26)12-24-17-7-5-4-6-14(17)18(25)11-22-24/h4-8,11,16H,9-10,12H2,1-3H3,(H,23,26). The Morgan fingerprint density at radius 2 is 2.15 bits per heavy atom. The summed E-state index contributed by atoms with van der Waals surface area (Å²) < 4.78 is 7.41. The molecule has 2 aromatic heterocycles. The molecule has 1 aliphatic carbocycles. The van der Waals surface area contributed by atoms with Gasteiger partial charge in [-0.25, -0.2) is 0 Å². The summed E-state index contributed by atoms with van der Waals surface area (Å²) in [6.45, 7) is 6.36. The van der Waals surface area contributed by atoms with Crippen molar-refractivity contribution in [3.8, 4) is 0 Å². The highest BCUT2D eigenvalue weighted by molar-refractivity contribution is 5.81. The Hall–Kier alpha value is -2.89. The van der Waals surface area contributed by atoms with Crippen LogP contribution in [0.2, 0.25) is 0 Å². The van der Waals surface area contributed by atoms with Crippen LogP contribution in [-0.4, -0.2) is 15.7 Å². The number of rotatable bonds is 3. The first-order valence-corrected chi connectivity index (χ1v) is 9.16. The van der Waals surface area contributed by atoms with Gasteiger partial charge in [-0.15, -0.1) is 0 Å². The van der Waals surface area contributed by atoms with Gasteiger partial charge in [0.15, 0.2) is 0 Å².